The van der Waals surface area contributed by atoms with E-state index in [-0.39, 0.29) is 30.6 Å². The van der Waals surface area contributed by atoms with E-state index in [2.05, 4.69) is 4.98 Å². The largest absolute Gasteiger partial charge is 0.496 e. The standard InChI is InChI=1S/C19H21N3O4S/c1-12-20-14(11-27-12)7-18(23)21-9-15-17(10-21)26-19(24)22(15)8-13-5-3-4-6-16(13)25-2/h3-6,11,15,17H,7-10H2,1-2H3/t15-,17+/m1/s1. The monoisotopic (exact) mass is 387 g/mol. The highest BCUT2D eigenvalue weighted by molar-refractivity contribution is 7.09. The molecule has 0 N–H and O–H groups in total. The van der Waals surface area contributed by atoms with Crippen LogP contribution in [0.2, 0.25) is 0 Å². The average Bonchev–Trinajstić information content (AvgIpc) is 3.32. The molecule has 0 spiro atoms. The first-order chi connectivity index (χ1) is 13.0. The van der Waals surface area contributed by atoms with Crippen molar-refractivity contribution in [1.29, 1.82) is 0 Å². The molecule has 7 nitrogen and oxygen atoms in total. The van der Waals surface area contributed by atoms with Crippen LogP contribution in [0.5, 0.6) is 5.75 Å². The Kier molecular flexibility index (Phi) is 4.73. The molecule has 2 atom stereocenters. The van der Waals surface area contributed by atoms with Gasteiger partial charge in [0.05, 0.1) is 43.4 Å². The van der Waals surface area contributed by atoms with Gasteiger partial charge in [-0.25, -0.2) is 9.78 Å². The van der Waals surface area contributed by atoms with Crippen LogP contribution in [0.15, 0.2) is 29.6 Å². The smallest absolute Gasteiger partial charge is 0.410 e. The lowest BCUT2D eigenvalue weighted by Crippen LogP contribution is -2.39. The van der Waals surface area contributed by atoms with Gasteiger partial charge >= 0.3 is 6.09 Å². The topological polar surface area (TPSA) is 72.0 Å². The van der Waals surface area contributed by atoms with Crippen LogP contribution in [-0.4, -0.2) is 59.1 Å². The number of aryl methyl sites for hydroxylation is 1. The van der Waals surface area contributed by atoms with E-state index in [0.717, 1.165) is 22.0 Å². The lowest BCUT2D eigenvalue weighted by atomic mass is 10.1. The molecule has 2 aliphatic heterocycles. The second-order valence-electron chi connectivity index (χ2n) is 6.76. The first-order valence-corrected chi connectivity index (χ1v) is 9.71. The maximum absolute atomic E-state index is 12.6. The second-order valence-corrected chi connectivity index (χ2v) is 7.82. The Morgan fingerprint density at radius 1 is 1.37 bits per heavy atom. The SMILES string of the molecule is COc1ccccc1CN1C(=O)O[C@H]2CN(C(=O)Cc3csc(C)n3)C[C@H]21. The van der Waals surface area contributed by atoms with Crippen molar-refractivity contribution in [3.8, 4) is 5.75 Å². The van der Waals surface area contributed by atoms with E-state index >= 15 is 0 Å². The number of carbonyl (C=O) groups is 2. The summed E-state index contributed by atoms with van der Waals surface area (Å²) in [6.45, 7) is 3.24. The molecule has 3 heterocycles. The maximum Gasteiger partial charge on any atom is 0.410 e. The molecule has 0 radical (unpaired) electrons. The van der Waals surface area contributed by atoms with Crippen molar-refractivity contribution in [2.75, 3.05) is 20.2 Å². The van der Waals surface area contributed by atoms with Crippen molar-refractivity contribution in [1.82, 2.24) is 14.8 Å². The quantitative estimate of drug-likeness (QED) is 0.787. The Bertz CT molecular complexity index is 868. The number of likely N-dealkylation sites (tertiary alicyclic amines) is 1. The zero-order valence-electron chi connectivity index (χ0n) is 15.3. The highest BCUT2D eigenvalue weighted by atomic mass is 32.1. The van der Waals surface area contributed by atoms with Gasteiger partial charge in [0, 0.05) is 17.5 Å². The normalized spacial score (nSPS) is 21.3. The minimum atomic E-state index is -0.335. The zero-order valence-corrected chi connectivity index (χ0v) is 16.1. The predicted octanol–water partition coefficient (Wildman–Crippen LogP) is 2.23. The molecule has 2 aromatic rings. The summed E-state index contributed by atoms with van der Waals surface area (Å²) in [6, 6.07) is 7.47. The van der Waals surface area contributed by atoms with Crippen molar-refractivity contribution in [3.05, 3.63) is 45.9 Å². The van der Waals surface area contributed by atoms with Crippen LogP contribution >= 0.6 is 11.3 Å². The van der Waals surface area contributed by atoms with Crippen LogP contribution in [0.4, 0.5) is 4.79 Å². The van der Waals surface area contributed by atoms with Crippen LogP contribution in [0.1, 0.15) is 16.3 Å². The maximum atomic E-state index is 12.6. The fourth-order valence-corrected chi connectivity index (χ4v) is 4.28. The molecule has 2 aliphatic rings. The molecule has 0 saturated carbocycles. The molecule has 0 bridgehead atoms. The van der Waals surface area contributed by atoms with E-state index < -0.39 is 0 Å². The second kappa shape index (κ2) is 7.19. The lowest BCUT2D eigenvalue weighted by Gasteiger charge is -2.23. The summed E-state index contributed by atoms with van der Waals surface area (Å²) in [4.78, 5) is 32.8. The number of thiazole rings is 1. The molecule has 142 valence electrons. The molecule has 27 heavy (non-hydrogen) atoms. The van der Waals surface area contributed by atoms with Crippen LogP contribution < -0.4 is 4.74 Å². The average molecular weight is 387 g/mol. The van der Waals surface area contributed by atoms with E-state index in [1.165, 1.54) is 11.3 Å². The number of hydrogen-bond donors (Lipinski definition) is 0. The molecule has 2 amide bonds. The predicted molar refractivity (Wildman–Crippen MR) is 99.7 cm³/mol. The number of amides is 2. The van der Waals surface area contributed by atoms with Gasteiger partial charge in [0.15, 0.2) is 0 Å². The summed E-state index contributed by atoms with van der Waals surface area (Å²) in [6.07, 6.45) is -0.337. The molecule has 2 saturated heterocycles. The highest BCUT2D eigenvalue weighted by Gasteiger charge is 2.48. The summed E-state index contributed by atoms with van der Waals surface area (Å²) in [5, 5.41) is 2.87. The molecule has 1 aromatic carbocycles. The highest BCUT2D eigenvalue weighted by Crippen LogP contribution is 2.30. The first-order valence-electron chi connectivity index (χ1n) is 8.83. The van der Waals surface area contributed by atoms with Gasteiger partial charge in [-0.15, -0.1) is 11.3 Å². The van der Waals surface area contributed by atoms with Crippen molar-refractivity contribution in [2.24, 2.45) is 0 Å². The van der Waals surface area contributed by atoms with E-state index in [4.69, 9.17) is 9.47 Å². The van der Waals surface area contributed by atoms with Crippen molar-refractivity contribution in [3.63, 3.8) is 0 Å². The van der Waals surface area contributed by atoms with E-state index in [9.17, 15) is 9.59 Å². The number of fused-ring (bicyclic) bond motifs is 1. The number of benzene rings is 1. The molecule has 0 unspecified atom stereocenters. The number of para-hydroxylation sites is 1. The fourth-order valence-electron chi connectivity index (χ4n) is 3.66. The molecular formula is C19H21N3O4S. The van der Waals surface area contributed by atoms with E-state index in [1.807, 2.05) is 36.6 Å². The fraction of sp³-hybridized carbons (Fsp3) is 0.421. The summed E-state index contributed by atoms with van der Waals surface area (Å²) < 4.78 is 10.9. The summed E-state index contributed by atoms with van der Waals surface area (Å²) in [5.74, 6) is 0.751. The number of hydrogen-bond acceptors (Lipinski definition) is 6. The number of methoxy groups -OCH3 is 1. The number of rotatable bonds is 5. The van der Waals surface area contributed by atoms with E-state index in [0.29, 0.717) is 19.6 Å². The third-order valence-corrected chi connectivity index (χ3v) is 5.83. The summed E-state index contributed by atoms with van der Waals surface area (Å²) in [5.41, 5.74) is 1.71. The Labute approximate surface area is 161 Å². The number of nitrogens with zero attached hydrogens (tertiary/aromatic N) is 3. The third-order valence-electron chi connectivity index (χ3n) is 5.01. The number of ether oxygens (including phenoxy) is 2. The van der Waals surface area contributed by atoms with Crippen LogP contribution in [0, 0.1) is 6.92 Å². The van der Waals surface area contributed by atoms with Crippen molar-refractivity contribution in [2.45, 2.75) is 32.0 Å². The molecular weight excluding hydrogens is 366 g/mol. The van der Waals surface area contributed by atoms with Gasteiger partial charge < -0.3 is 14.4 Å². The Hall–Kier alpha value is -2.61. The number of carbonyl (C=O) groups excluding carboxylic acids is 2. The molecule has 1 aromatic heterocycles. The van der Waals surface area contributed by atoms with Gasteiger partial charge in [0.1, 0.15) is 11.9 Å². The van der Waals surface area contributed by atoms with Gasteiger partial charge in [-0.05, 0) is 13.0 Å². The molecule has 0 aliphatic carbocycles. The Balaban J connectivity index is 1.44. The van der Waals surface area contributed by atoms with Gasteiger partial charge in [-0.3, -0.25) is 9.69 Å². The van der Waals surface area contributed by atoms with Gasteiger partial charge in [0.25, 0.3) is 0 Å². The summed E-state index contributed by atoms with van der Waals surface area (Å²) >= 11 is 1.54. The van der Waals surface area contributed by atoms with Crippen LogP contribution in [-0.2, 0) is 22.5 Å². The minimum Gasteiger partial charge on any atom is -0.496 e. The third kappa shape index (κ3) is 3.49. The minimum absolute atomic E-state index is 0.0167. The van der Waals surface area contributed by atoms with Gasteiger partial charge in [-0.2, -0.15) is 0 Å². The molecule has 2 fully saturated rings. The van der Waals surface area contributed by atoms with Crippen LogP contribution in [0.25, 0.3) is 0 Å². The van der Waals surface area contributed by atoms with Gasteiger partial charge in [-0.1, -0.05) is 18.2 Å². The van der Waals surface area contributed by atoms with Gasteiger partial charge in [0.2, 0.25) is 5.91 Å². The Morgan fingerprint density at radius 2 is 2.19 bits per heavy atom. The lowest BCUT2D eigenvalue weighted by molar-refractivity contribution is -0.130. The first kappa shape index (κ1) is 17.8. The van der Waals surface area contributed by atoms with Crippen molar-refractivity contribution < 1.29 is 19.1 Å². The molecule has 4 rings (SSSR count). The number of aromatic nitrogens is 1. The molecule has 8 heteroatoms. The van der Waals surface area contributed by atoms with Crippen LogP contribution in [0.3, 0.4) is 0 Å². The zero-order chi connectivity index (χ0) is 19.0. The Morgan fingerprint density at radius 3 is 2.93 bits per heavy atom. The van der Waals surface area contributed by atoms with Crippen molar-refractivity contribution >= 4 is 23.3 Å². The summed E-state index contributed by atoms with van der Waals surface area (Å²) in [7, 11) is 1.61. The van der Waals surface area contributed by atoms with E-state index in [1.54, 1.807) is 16.9 Å².